The first-order valence-electron chi connectivity index (χ1n) is 9.69. The minimum atomic E-state index is 0.160. The molecule has 0 bridgehead atoms. The number of hydrogen-bond acceptors (Lipinski definition) is 2. The van der Waals surface area contributed by atoms with Crippen molar-refractivity contribution in [2.75, 3.05) is 12.4 Å². The van der Waals surface area contributed by atoms with Crippen LogP contribution < -0.4 is 5.73 Å². The minimum absolute atomic E-state index is 0.160. The number of ketones is 1. The predicted molar refractivity (Wildman–Crippen MR) is 112 cm³/mol. The number of carbonyl (C=O) groups is 1. The summed E-state index contributed by atoms with van der Waals surface area (Å²) in [5, 5.41) is 0. The third-order valence-corrected chi connectivity index (χ3v) is 4.08. The van der Waals surface area contributed by atoms with Gasteiger partial charge in [-0.3, -0.25) is 4.79 Å². The Hall–Kier alpha value is -1.12. The summed E-state index contributed by atoms with van der Waals surface area (Å²) in [6.07, 6.45) is 29.2. The van der Waals surface area contributed by atoms with E-state index in [0.717, 1.165) is 64.3 Å². The van der Waals surface area contributed by atoms with E-state index in [0.29, 0.717) is 6.42 Å². The first-order valence-corrected chi connectivity index (χ1v) is 10.2. The molecule has 0 unspecified atom stereocenters. The van der Waals surface area contributed by atoms with Gasteiger partial charge in [-0.05, 0) is 64.3 Å². The highest BCUT2D eigenvalue weighted by atomic mass is 35.5. The van der Waals surface area contributed by atoms with Gasteiger partial charge in [-0.15, -0.1) is 11.6 Å². The van der Waals surface area contributed by atoms with E-state index in [2.05, 4.69) is 48.6 Å². The van der Waals surface area contributed by atoms with Crippen molar-refractivity contribution in [1.29, 1.82) is 0 Å². The van der Waals surface area contributed by atoms with Crippen molar-refractivity contribution in [2.45, 2.75) is 70.6 Å². The Kier molecular flexibility index (Phi) is 20.0. The maximum atomic E-state index is 11.0. The molecule has 2 nitrogen and oxygen atoms in total. The fourth-order valence-corrected chi connectivity index (χ4v) is 2.42. The molecule has 0 fully saturated rings. The number of allylic oxidation sites excluding steroid dienone is 8. The van der Waals surface area contributed by atoms with Crippen LogP contribution in [0.1, 0.15) is 70.6 Å². The van der Waals surface area contributed by atoms with E-state index in [1.807, 2.05) is 0 Å². The average Bonchev–Trinajstić information content (AvgIpc) is 2.63. The molecule has 2 N–H and O–H groups in total. The van der Waals surface area contributed by atoms with Gasteiger partial charge in [-0.2, -0.15) is 0 Å². The van der Waals surface area contributed by atoms with Crippen molar-refractivity contribution in [3.8, 4) is 0 Å². The number of hydrogen-bond donors (Lipinski definition) is 1. The van der Waals surface area contributed by atoms with Crippen molar-refractivity contribution in [1.82, 2.24) is 0 Å². The summed E-state index contributed by atoms with van der Waals surface area (Å²) in [7, 11) is 0. The smallest absolute Gasteiger partial charge is 0.147 e. The molecule has 0 radical (unpaired) electrons. The molecule has 0 rings (SSSR count). The number of nitrogens with two attached hydrogens (primary N) is 1. The predicted octanol–water partition coefficient (Wildman–Crippen LogP) is 6.27. The van der Waals surface area contributed by atoms with Gasteiger partial charge in [0, 0.05) is 6.42 Å². The number of unbranched alkanes of at least 4 members (excludes halogenated alkanes) is 5. The minimum Gasteiger partial charge on any atom is -0.330 e. The number of alkyl halides is 1. The van der Waals surface area contributed by atoms with Gasteiger partial charge in [-0.25, -0.2) is 0 Å². The van der Waals surface area contributed by atoms with E-state index < -0.39 is 0 Å². The van der Waals surface area contributed by atoms with E-state index >= 15 is 0 Å². The van der Waals surface area contributed by atoms with Crippen LogP contribution in [0.15, 0.2) is 48.6 Å². The molecule has 3 heteroatoms. The lowest BCUT2D eigenvalue weighted by atomic mass is 10.1. The molecule has 0 atom stereocenters. The molecule has 25 heavy (non-hydrogen) atoms. The van der Waals surface area contributed by atoms with Gasteiger partial charge in [0.2, 0.25) is 0 Å². The molecule has 0 amide bonds. The van der Waals surface area contributed by atoms with E-state index in [4.69, 9.17) is 17.3 Å². The molecule has 142 valence electrons. The Bertz CT molecular complexity index is 410. The zero-order chi connectivity index (χ0) is 18.4. The van der Waals surface area contributed by atoms with Crippen molar-refractivity contribution in [3.05, 3.63) is 48.6 Å². The highest BCUT2D eigenvalue weighted by Crippen LogP contribution is 2.05. The standard InChI is InChI=1S/C22H36ClNO/c23-21-22(25)19-17-15-13-11-9-7-5-3-1-2-4-6-8-10-12-14-16-18-20-24/h1,3-4,6-7,9-10,12H,2,5,8,11,13-21,24H2. The van der Waals surface area contributed by atoms with Gasteiger partial charge in [-0.1, -0.05) is 55.0 Å². The maximum Gasteiger partial charge on any atom is 0.147 e. The molecule has 0 aliphatic rings. The monoisotopic (exact) mass is 365 g/mol. The zero-order valence-electron chi connectivity index (χ0n) is 15.7. The SMILES string of the molecule is NCCCCC=CCC=CCC=CCC=CCCCCCC(=O)CCl. The lowest BCUT2D eigenvalue weighted by Gasteiger charge is -1.96. The third kappa shape index (κ3) is 20.8. The van der Waals surface area contributed by atoms with Crippen LogP contribution in [0.4, 0.5) is 0 Å². The first-order chi connectivity index (χ1) is 12.3. The van der Waals surface area contributed by atoms with Gasteiger partial charge >= 0.3 is 0 Å². The van der Waals surface area contributed by atoms with Crippen LogP contribution >= 0.6 is 11.6 Å². The zero-order valence-corrected chi connectivity index (χ0v) is 16.4. The molecule has 0 saturated carbocycles. The summed E-state index contributed by atoms with van der Waals surface area (Å²) >= 11 is 5.46. The van der Waals surface area contributed by atoms with Crippen LogP contribution in [-0.4, -0.2) is 18.2 Å². The second kappa shape index (κ2) is 20.9. The summed E-state index contributed by atoms with van der Waals surface area (Å²) < 4.78 is 0. The Labute approximate surface area is 159 Å². The van der Waals surface area contributed by atoms with Gasteiger partial charge < -0.3 is 5.73 Å². The Morgan fingerprint density at radius 2 is 1.16 bits per heavy atom. The molecule has 0 aromatic carbocycles. The van der Waals surface area contributed by atoms with Crippen molar-refractivity contribution in [2.24, 2.45) is 5.73 Å². The lowest BCUT2D eigenvalue weighted by molar-refractivity contribution is -0.116. The van der Waals surface area contributed by atoms with Crippen LogP contribution in [-0.2, 0) is 4.79 Å². The van der Waals surface area contributed by atoms with Crippen molar-refractivity contribution >= 4 is 17.4 Å². The molecule has 0 aromatic heterocycles. The Morgan fingerprint density at radius 1 is 0.680 bits per heavy atom. The summed E-state index contributed by atoms with van der Waals surface area (Å²) in [6, 6.07) is 0. The van der Waals surface area contributed by atoms with Crippen LogP contribution in [0, 0.1) is 0 Å². The van der Waals surface area contributed by atoms with Gasteiger partial charge in [0.1, 0.15) is 5.78 Å². The van der Waals surface area contributed by atoms with Crippen LogP contribution in [0.2, 0.25) is 0 Å². The normalized spacial score (nSPS) is 12.4. The molecule has 0 aromatic rings. The molecular formula is C22H36ClNO. The summed E-state index contributed by atoms with van der Waals surface area (Å²) in [5.74, 6) is 0.322. The summed E-state index contributed by atoms with van der Waals surface area (Å²) in [5.41, 5.74) is 5.45. The second-order valence-electron chi connectivity index (χ2n) is 6.15. The highest BCUT2D eigenvalue weighted by Gasteiger charge is 1.97. The first kappa shape index (κ1) is 23.9. The molecule has 0 spiro atoms. The number of carbonyl (C=O) groups excluding carboxylic acids is 1. The van der Waals surface area contributed by atoms with Gasteiger partial charge in [0.05, 0.1) is 5.88 Å². The Balaban J connectivity index is 3.39. The maximum absolute atomic E-state index is 11.0. The van der Waals surface area contributed by atoms with Crippen LogP contribution in [0.3, 0.4) is 0 Å². The van der Waals surface area contributed by atoms with E-state index in [9.17, 15) is 4.79 Å². The fraction of sp³-hybridized carbons (Fsp3) is 0.591. The van der Waals surface area contributed by atoms with Crippen LogP contribution in [0.5, 0.6) is 0 Å². The molecular weight excluding hydrogens is 330 g/mol. The number of Topliss-reactive ketones (excluding diaryl/α,β-unsaturated/α-hetero) is 1. The molecule has 0 aliphatic carbocycles. The van der Waals surface area contributed by atoms with E-state index in [-0.39, 0.29) is 11.7 Å². The van der Waals surface area contributed by atoms with Crippen LogP contribution in [0.25, 0.3) is 0 Å². The second-order valence-corrected chi connectivity index (χ2v) is 6.42. The van der Waals surface area contributed by atoms with Gasteiger partial charge in [0.25, 0.3) is 0 Å². The molecule has 0 aliphatic heterocycles. The summed E-state index contributed by atoms with van der Waals surface area (Å²) in [6.45, 7) is 0.798. The molecule has 0 saturated heterocycles. The number of rotatable bonds is 17. The van der Waals surface area contributed by atoms with Crippen molar-refractivity contribution < 1.29 is 4.79 Å². The number of halogens is 1. The fourth-order valence-electron chi connectivity index (χ4n) is 2.28. The average molecular weight is 366 g/mol. The largest absolute Gasteiger partial charge is 0.330 e. The van der Waals surface area contributed by atoms with E-state index in [1.54, 1.807) is 0 Å². The Morgan fingerprint density at radius 3 is 1.64 bits per heavy atom. The molecule has 0 heterocycles. The van der Waals surface area contributed by atoms with E-state index in [1.165, 1.54) is 6.42 Å². The lowest BCUT2D eigenvalue weighted by Crippen LogP contribution is -1.97. The topological polar surface area (TPSA) is 43.1 Å². The highest BCUT2D eigenvalue weighted by molar-refractivity contribution is 6.27. The quantitative estimate of drug-likeness (QED) is 0.187. The third-order valence-electron chi connectivity index (χ3n) is 3.78. The summed E-state index contributed by atoms with van der Waals surface area (Å²) in [4.78, 5) is 11.0. The van der Waals surface area contributed by atoms with Crippen molar-refractivity contribution in [3.63, 3.8) is 0 Å². The van der Waals surface area contributed by atoms with Gasteiger partial charge in [0.15, 0.2) is 0 Å².